The van der Waals surface area contributed by atoms with E-state index >= 15 is 0 Å². The molecule has 1 heterocycles. The standard InChI is InChI=1S/C7H9ClN2S/c1-2-6(9)7-10-5(3-8)4-11-7/h2,4,6H,1,3,9H2. The molecule has 0 amide bonds. The highest BCUT2D eigenvalue weighted by Gasteiger charge is 2.05. The van der Waals surface area contributed by atoms with Gasteiger partial charge < -0.3 is 5.73 Å². The summed E-state index contributed by atoms with van der Waals surface area (Å²) in [5, 5.41) is 2.78. The first-order chi connectivity index (χ1) is 5.27. The first-order valence-corrected chi connectivity index (χ1v) is 4.57. The highest BCUT2D eigenvalue weighted by Crippen LogP contribution is 2.17. The van der Waals surface area contributed by atoms with Crippen LogP contribution in [0.25, 0.3) is 0 Å². The zero-order chi connectivity index (χ0) is 8.27. The van der Waals surface area contributed by atoms with Crippen molar-refractivity contribution in [2.24, 2.45) is 5.73 Å². The molecular formula is C7H9ClN2S. The molecule has 0 fully saturated rings. The van der Waals surface area contributed by atoms with Gasteiger partial charge in [0.25, 0.3) is 0 Å². The molecule has 1 aromatic heterocycles. The Kier molecular flexibility index (Phi) is 3.05. The minimum absolute atomic E-state index is 0.156. The second-order valence-corrected chi connectivity index (χ2v) is 3.23. The van der Waals surface area contributed by atoms with Gasteiger partial charge >= 0.3 is 0 Å². The monoisotopic (exact) mass is 188 g/mol. The second-order valence-electron chi connectivity index (χ2n) is 2.07. The summed E-state index contributed by atoms with van der Waals surface area (Å²) in [5.41, 5.74) is 6.53. The molecule has 0 bridgehead atoms. The number of aromatic nitrogens is 1. The lowest BCUT2D eigenvalue weighted by molar-refractivity contribution is 0.888. The summed E-state index contributed by atoms with van der Waals surface area (Å²) in [5.74, 6) is 0.445. The normalized spacial score (nSPS) is 12.9. The molecule has 1 aromatic rings. The van der Waals surface area contributed by atoms with Crippen LogP contribution in [0.1, 0.15) is 16.7 Å². The lowest BCUT2D eigenvalue weighted by atomic mass is 10.3. The molecule has 2 N–H and O–H groups in total. The van der Waals surface area contributed by atoms with Crippen LogP contribution in [0.15, 0.2) is 18.0 Å². The van der Waals surface area contributed by atoms with Gasteiger partial charge in [0.2, 0.25) is 0 Å². The molecule has 4 heteroatoms. The quantitative estimate of drug-likeness (QED) is 0.583. The van der Waals surface area contributed by atoms with Crippen molar-refractivity contribution in [3.8, 4) is 0 Å². The summed E-state index contributed by atoms with van der Waals surface area (Å²) in [7, 11) is 0. The van der Waals surface area contributed by atoms with Crippen molar-refractivity contribution in [1.82, 2.24) is 4.98 Å². The fourth-order valence-electron chi connectivity index (χ4n) is 0.638. The minimum atomic E-state index is -0.156. The van der Waals surface area contributed by atoms with E-state index in [0.717, 1.165) is 10.7 Å². The summed E-state index contributed by atoms with van der Waals surface area (Å²) in [4.78, 5) is 4.19. The minimum Gasteiger partial charge on any atom is -0.319 e. The van der Waals surface area contributed by atoms with Crippen molar-refractivity contribution in [2.75, 3.05) is 0 Å². The van der Waals surface area contributed by atoms with Crippen LogP contribution in [0, 0.1) is 0 Å². The molecule has 1 rings (SSSR count). The molecular weight excluding hydrogens is 180 g/mol. The molecule has 1 atom stereocenters. The average Bonchev–Trinajstić information content (AvgIpc) is 2.50. The van der Waals surface area contributed by atoms with Crippen LogP contribution in [0.3, 0.4) is 0 Å². The summed E-state index contributed by atoms with van der Waals surface area (Å²) in [6.45, 7) is 3.58. The molecule has 0 aliphatic carbocycles. The van der Waals surface area contributed by atoms with Crippen LogP contribution in [-0.2, 0) is 5.88 Å². The predicted octanol–water partition coefficient (Wildman–Crippen LogP) is 2.07. The van der Waals surface area contributed by atoms with E-state index in [1.807, 2.05) is 5.38 Å². The highest BCUT2D eigenvalue weighted by molar-refractivity contribution is 7.09. The fourth-order valence-corrected chi connectivity index (χ4v) is 1.68. The van der Waals surface area contributed by atoms with Crippen LogP contribution in [0.4, 0.5) is 0 Å². The number of nitrogens with zero attached hydrogens (tertiary/aromatic N) is 1. The zero-order valence-corrected chi connectivity index (χ0v) is 7.53. The van der Waals surface area contributed by atoms with Crippen LogP contribution < -0.4 is 5.73 Å². The topological polar surface area (TPSA) is 38.9 Å². The number of halogens is 1. The maximum Gasteiger partial charge on any atom is 0.114 e. The first kappa shape index (κ1) is 8.71. The molecule has 1 unspecified atom stereocenters. The molecule has 0 radical (unpaired) electrons. The van der Waals surface area contributed by atoms with Gasteiger partial charge in [0, 0.05) is 5.38 Å². The van der Waals surface area contributed by atoms with Gasteiger partial charge in [0.05, 0.1) is 17.6 Å². The van der Waals surface area contributed by atoms with Crippen LogP contribution in [0.2, 0.25) is 0 Å². The maximum atomic E-state index is 5.65. The highest BCUT2D eigenvalue weighted by atomic mass is 35.5. The Morgan fingerprint density at radius 2 is 2.64 bits per heavy atom. The molecule has 11 heavy (non-hydrogen) atoms. The number of alkyl halides is 1. The van der Waals surface area contributed by atoms with Crippen molar-refractivity contribution >= 4 is 22.9 Å². The van der Waals surface area contributed by atoms with E-state index in [2.05, 4.69) is 11.6 Å². The molecule has 0 spiro atoms. The maximum absolute atomic E-state index is 5.65. The van der Waals surface area contributed by atoms with Gasteiger partial charge in [-0.25, -0.2) is 4.98 Å². The Morgan fingerprint density at radius 3 is 3.09 bits per heavy atom. The number of rotatable bonds is 3. The predicted molar refractivity (Wildman–Crippen MR) is 48.8 cm³/mol. The van der Waals surface area contributed by atoms with E-state index in [-0.39, 0.29) is 6.04 Å². The number of thiazole rings is 1. The SMILES string of the molecule is C=CC(N)c1nc(CCl)cs1. The Hall–Kier alpha value is -0.380. The Labute approximate surface area is 74.7 Å². The van der Waals surface area contributed by atoms with E-state index < -0.39 is 0 Å². The molecule has 0 saturated heterocycles. The fraction of sp³-hybridized carbons (Fsp3) is 0.286. The lowest BCUT2D eigenvalue weighted by Gasteiger charge is -1.97. The van der Waals surface area contributed by atoms with E-state index in [1.54, 1.807) is 6.08 Å². The average molecular weight is 189 g/mol. The van der Waals surface area contributed by atoms with Gasteiger partial charge in [0.15, 0.2) is 0 Å². The molecule has 0 saturated carbocycles. The lowest BCUT2D eigenvalue weighted by Crippen LogP contribution is -2.05. The van der Waals surface area contributed by atoms with Crippen LogP contribution in [0.5, 0.6) is 0 Å². The summed E-state index contributed by atoms with van der Waals surface area (Å²) in [6.07, 6.45) is 1.66. The van der Waals surface area contributed by atoms with Crippen molar-refractivity contribution in [1.29, 1.82) is 0 Å². The van der Waals surface area contributed by atoms with Crippen molar-refractivity contribution < 1.29 is 0 Å². The molecule has 2 nitrogen and oxygen atoms in total. The summed E-state index contributed by atoms with van der Waals surface area (Å²) < 4.78 is 0. The third-order valence-corrected chi connectivity index (χ3v) is 2.51. The van der Waals surface area contributed by atoms with Crippen LogP contribution in [-0.4, -0.2) is 4.98 Å². The molecule has 0 aromatic carbocycles. The largest absolute Gasteiger partial charge is 0.319 e. The van der Waals surface area contributed by atoms with Gasteiger partial charge in [-0.2, -0.15) is 0 Å². The van der Waals surface area contributed by atoms with E-state index in [1.165, 1.54) is 11.3 Å². The molecule has 60 valence electrons. The van der Waals surface area contributed by atoms with Crippen molar-refractivity contribution in [2.45, 2.75) is 11.9 Å². The zero-order valence-electron chi connectivity index (χ0n) is 5.96. The third-order valence-electron chi connectivity index (χ3n) is 1.25. The first-order valence-electron chi connectivity index (χ1n) is 3.16. The van der Waals surface area contributed by atoms with Gasteiger partial charge in [-0.15, -0.1) is 29.5 Å². The summed E-state index contributed by atoms with van der Waals surface area (Å²) >= 11 is 7.08. The summed E-state index contributed by atoms with van der Waals surface area (Å²) in [6, 6.07) is -0.156. The third kappa shape index (κ3) is 2.02. The van der Waals surface area contributed by atoms with E-state index in [9.17, 15) is 0 Å². The van der Waals surface area contributed by atoms with E-state index in [0.29, 0.717) is 5.88 Å². The van der Waals surface area contributed by atoms with Gasteiger partial charge in [-0.1, -0.05) is 6.08 Å². The number of hydrogen-bond donors (Lipinski definition) is 1. The second kappa shape index (κ2) is 3.85. The molecule has 0 aliphatic rings. The van der Waals surface area contributed by atoms with Crippen molar-refractivity contribution in [3.05, 3.63) is 28.7 Å². The Morgan fingerprint density at radius 1 is 1.91 bits per heavy atom. The number of nitrogens with two attached hydrogens (primary N) is 1. The van der Waals surface area contributed by atoms with Crippen molar-refractivity contribution in [3.63, 3.8) is 0 Å². The molecule has 0 aliphatic heterocycles. The van der Waals surface area contributed by atoms with E-state index in [4.69, 9.17) is 17.3 Å². The number of hydrogen-bond acceptors (Lipinski definition) is 3. The van der Waals surface area contributed by atoms with Gasteiger partial charge in [0.1, 0.15) is 5.01 Å². The van der Waals surface area contributed by atoms with Gasteiger partial charge in [-0.05, 0) is 0 Å². The van der Waals surface area contributed by atoms with Crippen LogP contribution >= 0.6 is 22.9 Å². The Balaban J connectivity index is 2.79. The smallest absolute Gasteiger partial charge is 0.114 e. The Bertz CT molecular complexity index is 246. The van der Waals surface area contributed by atoms with Gasteiger partial charge in [-0.3, -0.25) is 0 Å².